The van der Waals surface area contributed by atoms with E-state index in [4.69, 9.17) is 4.74 Å². The molecule has 100 valence electrons. The van der Waals surface area contributed by atoms with Crippen molar-refractivity contribution in [1.29, 1.82) is 0 Å². The fourth-order valence-electron chi connectivity index (χ4n) is 2.39. The molecule has 1 aliphatic heterocycles. The van der Waals surface area contributed by atoms with Crippen LogP contribution in [0.25, 0.3) is 0 Å². The minimum absolute atomic E-state index is 0.149. The van der Waals surface area contributed by atoms with Gasteiger partial charge in [-0.05, 0) is 38.1 Å². The van der Waals surface area contributed by atoms with Crippen molar-refractivity contribution in [1.82, 2.24) is 10.3 Å². The SMILES string of the molecule is COCC1(CNc2ccc(F)cn2)CCNCC1. The van der Waals surface area contributed by atoms with Gasteiger partial charge in [-0.15, -0.1) is 0 Å². The monoisotopic (exact) mass is 253 g/mol. The van der Waals surface area contributed by atoms with Crippen molar-refractivity contribution < 1.29 is 9.13 Å². The first-order valence-corrected chi connectivity index (χ1v) is 6.29. The van der Waals surface area contributed by atoms with Gasteiger partial charge >= 0.3 is 0 Å². The summed E-state index contributed by atoms with van der Waals surface area (Å²) in [5, 5.41) is 6.64. The highest BCUT2D eigenvalue weighted by Crippen LogP contribution is 2.29. The number of methoxy groups -OCH3 is 1. The van der Waals surface area contributed by atoms with Crippen molar-refractivity contribution in [2.24, 2.45) is 5.41 Å². The minimum atomic E-state index is -0.311. The fraction of sp³-hybridized carbons (Fsp3) is 0.615. The normalized spacial score (nSPS) is 18.6. The third-order valence-corrected chi connectivity index (χ3v) is 3.49. The molecule has 0 radical (unpaired) electrons. The molecule has 0 bridgehead atoms. The molecule has 0 atom stereocenters. The number of nitrogens with one attached hydrogen (secondary N) is 2. The van der Waals surface area contributed by atoms with E-state index in [1.165, 1.54) is 12.3 Å². The van der Waals surface area contributed by atoms with Gasteiger partial charge in [0, 0.05) is 19.1 Å². The second-order valence-corrected chi connectivity index (χ2v) is 4.90. The molecule has 1 aromatic heterocycles. The number of pyridine rings is 1. The topological polar surface area (TPSA) is 46.2 Å². The quantitative estimate of drug-likeness (QED) is 0.837. The molecule has 4 nitrogen and oxygen atoms in total. The van der Waals surface area contributed by atoms with E-state index in [2.05, 4.69) is 15.6 Å². The summed E-state index contributed by atoms with van der Waals surface area (Å²) in [6.45, 7) is 3.58. The number of rotatable bonds is 5. The van der Waals surface area contributed by atoms with Crippen LogP contribution in [0.1, 0.15) is 12.8 Å². The van der Waals surface area contributed by atoms with Crippen LogP contribution in [0.4, 0.5) is 10.2 Å². The lowest BCUT2D eigenvalue weighted by atomic mass is 9.79. The number of halogens is 1. The summed E-state index contributed by atoms with van der Waals surface area (Å²) in [5.74, 6) is 0.402. The van der Waals surface area contributed by atoms with Crippen LogP contribution < -0.4 is 10.6 Å². The van der Waals surface area contributed by atoms with Gasteiger partial charge in [0.05, 0.1) is 12.8 Å². The number of hydrogen-bond acceptors (Lipinski definition) is 4. The number of ether oxygens (including phenoxy) is 1. The van der Waals surface area contributed by atoms with Gasteiger partial charge in [0.1, 0.15) is 11.6 Å². The highest BCUT2D eigenvalue weighted by molar-refractivity contribution is 5.33. The van der Waals surface area contributed by atoms with Gasteiger partial charge in [0.25, 0.3) is 0 Å². The average Bonchev–Trinajstić information content (AvgIpc) is 2.40. The molecule has 0 amide bonds. The van der Waals surface area contributed by atoms with E-state index in [9.17, 15) is 4.39 Å². The van der Waals surface area contributed by atoms with Gasteiger partial charge in [-0.25, -0.2) is 9.37 Å². The average molecular weight is 253 g/mol. The largest absolute Gasteiger partial charge is 0.384 e. The van der Waals surface area contributed by atoms with Crippen molar-refractivity contribution in [3.05, 3.63) is 24.1 Å². The van der Waals surface area contributed by atoms with Crippen LogP contribution in [0, 0.1) is 11.2 Å². The zero-order valence-electron chi connectivity index (χ0n) is 10.7. The van der Waals surface area contributed by atoms with Crippen LogP contribution in [0.2, 0.25) is 0 Å². The van der Waals surface area contributed by atoms with E-state index in [0.29, 0.717) is 5.82 Å². The maximum absolute atomic E-state index is 12.8. The van der Waals surface area contributed by atoms with Crippen molar-refractivity contribution in [2.45, 2.75) is 12.8 Å². The second kappa shape index (κ2) is 6.11. The molecule has 5 heteroatoms. The molecule has 1 fully saturated rings. The lowest BCUT2D eigenvalue weighted by molar-refractivity contribution is 0.0635. The molecular weight excluding hydrogens is 233 g/mol. The highest BCUT2D eigenvalue weighted by Gasteiger charge is 2.31. The summed E-state index contributed by atoms with van der Waals surface area (Å²) in [5.41, 5.74) is 0.149. The molecule has 0 aromatic carbocycles. The first-order valence-electron chi connectivity index (χ1n) is 6.29. The van der Waals surface area contributed by atoms with Gasteiger partial charge in [-0.3, -0.25) is 0 Å². The van der Waals surface area contributed by atoms with E-state index in [0.717, 1.165) is 39.1 Å². The van der Waals surface area contributed by atoms with Gasteiger partial charge < -0.3 is 15.4 Å². The standard InChI is InChI=1S/C13H20FN3O/c1-18-10-13(4-6-15-7-5-13)9-17-12-3-2-11(14)8-16-12/h2-3,8,15H,4-7,9-10H2,1H3,(H,16,17). The lowest BCUT2D eigenvalue weighted by Gasteiger charge is -2.37. The maximum atomic E-state index is 12.8. The molecule has 0 saturated carbocycles. The van der Waals surface area contributed by atoms with Crippen LogP contribution in [0.5, 0.6) is 0 Å². The third kappa shape index (κ3) is 3.40. The molecule has 2 heterocycles. The molecule has 1 aromatic rings. The smallest absolute Gasteiger partial charge is 0.141 e. The van der Waals surface area contributed by atoms with Crippen LogP contribution in [-0.4, -0.2) is 38.3 Å². The number of aromatic nitrogens is 1. The predicted octanol–water partition coefficient (Wildman–Crippen LogP) is 1.65. The Balaban J connectivity index is 1.94. The Labute approximate surface area is 107 Å². The molecule has 1 saturated heterocycles. The maximum Gasteiger partial charge on any atom is 0.141 e. The summed E-state index contributed by atoms with van der Waals surface area (Å²) in [6.07, 6.45) is 3.39. The minimum Gasteiger partial charge on any atom is -0.384 e. The zero-order valence-corrected chi connectivity index (χ0v) is 10.7. The molecule has 0 aliphatic carbocycles. The Hall–Kier alpha value is -1.20. The number of piperidine rings is 1. The first kappa shape index (κ1) is 13.2. The Kier molecular flexibility index (Phi) is 4.49. The summed E-state index contributed by atoms with van der Waals surface area (Å²) in [4.78, 5) is 4.01. The van der Waals surface area contributed by atoms with Gasteiger partial charge in [-0.2, -0.15) is 0 Å². The van der Waals surface area contributed by atoms with Crippen LogP contribution >= 0.6 is 0 Å². The van der Waals surface area contributed by atoms with Crippen LogP contribution in [0.15, 0.2) is 18.3 Å². The number of hydrogen-bond donors (Lipinski definition) is 2. The molecule has 2 N–H and O–H groups in total. The van der Waals surface area contributed by atoms with E-state index < -0.39 is 0 Å². The van der Waals surface area contributed by atoms with Gasteiger partial charge in [0.2, 0.25) is 0 Å². The first-order chi connectivity index (χ1) is 8.74. The Morgan fingerprint density at radius 2 is 2.22 bits per heavy atom. The van der Waals surface area contributed by atoms with Gasteiger partial charge in [-0.1, -0.05) is 0 Å². The summed E-state index contributed by atoms with van der Waals surface area (Å²) >= 11 is 0. The van der Waals surface area contributed by atoms with Crippen LogP contribution in [-0.2, 0) is 4.74 Å². The number of anilines is 1. The third-order valence-electron chi connectivity index (χ3n) is 3.49. The molecule has 0 unspecified atom stereocenters. The van der Waals surface area contributed by atoms with Crippen LogP contribution in [0.3, 0.4) is 0 Å². The summed E-state index contributed by atoms with van der Waals surface area (Å²) in [7, 11) is 1.74. The predicted molar refractivity (Wildman–Crippen MR) is 69.1 cm³/mol. The Morgan fingerprint density at radius 3 is 2.83 bits per heavy atom. The summed E-state index contributed by atoms with van der Waals surface area (Å²) in [6, 6.07) is 3.08. The van der Waals surface area contributed by atoms with E-state index in [1.807, 2.05) is 0 Å². The van der Waals surface area contributed by atoms with Crippen molar-refractivity contribution in [3.8, 4) is 0 Å². The lowest BCUT2D eigenvalue weighted by Crippen LogP contribution is -2.44. The molecule has 18 heavy (non-hydrogen) atoms. The van der Waals surface area contributed by atoms with Crippen molar-refractivity contribution in [3.63, 3.8) is 0 Å². The Morgan fingerprint density at radius 1 is 1.44 bits per heavy atom. The van der Waals surface area contributed by atoms with E-state index in [1.54, 1.807) is 13.2 Å². The van der Waals surface area contributed by atoms with E-state index in [-0.39, 0.29) is 11.2 Å². The summed E-state index contributed by atoms with van der Waals surface area (Å²) < 4.78 is 18.1. The van der Waals surface area contributed by atoms with Gasteiger partial charge in [0.15, 0.2) is 0 Å². The second-order valence-electron chi connectivity index (χ2n) is 4.90. The molecule has 2 rings (SSSR count). The zero-order chi connectivity index (χ0) is 12.8. The molecule has 0 spiro atoms. The Bertz CT molecular complexity index is 357. The molecular formula is C13H20FN3O. The van der Waals surface area contributed by atoms with E-state index >= 15 is 0 Å². The number of nitrogens with zero attached hydrogens (tertiary/aromatic N) is 1. The highest BCUT2D eigenvalue weighted by atomic mass is 19.1. The van der Waals surface area contributed by atoms with Crippen molar-refractivity contribution >= 4 is 5.82 Å². The fourth-order valence-corrected chi connectivity index (χ4v) is 2.39. The van der Waals surface area contributed by atoms with Crippen molar-refractivity contribution in [2.75, 3.05) is 38.7 Å². The molecule has 1 aliphatic rings.